The molecule has 4 heteroatoms. The lowest BCUT2D eigenvalue weighted by Gasteiger charge is -2.14. The average Bonchev–Trinajstić information content (AvgIpc) is 2.19. The van der Waals surface area contributed by atoms with Crippen molar-refractivity contribution in [3.05, 3.63) is 30.3 Å². The Hall–Kier alpha value is -0.360. The monoisotopic (exact) mass is 231 g/mol. The Morgan fingerprint density at radius 3 is 2.46 bits per heavy atom. The van der Waals surface area contributed by atoms with Crippen LogP contribution in [-0.2, 0) is 0 Å². The molecule has 0 radical (unpaired) electrons. The third-order valence-electron chi connectivity index (χ3n) is 1.36. The van der Waals surface area contributed by atoms with Crippen molar-refractivity contribution in [3.63, 3.8) is 0 Å². The van der Waals surface area contributed by atoms with Crippen molar-refractivity contribution in [3.8, 4) is 6.07 Å². The van der Waals surface area contributed by atoms with Crippen molar-refractivity contribution in [2.24, 2.45) is 0 Å². The van der Waals surface area contributed by atoms with E-state index in [0.717, 1.165) is 4.90 Å². The maximum absolute atomic E-state index is 8.76. The molecular formula is C9H7Cl2NS. The van der Waals surface area contributed by atoms with E-state index in [1.807, 2.05) is 36.4 Å². The van der Waals surface area contributed by atoms with E-state index >= 15 is 0 Å². The summed E-state index contributed by atoms with van der Waals surface area (Å²) in [5.74, 6) is 0.102. The van der Waals surface area contributed by atoms with E-state index in [1.54, 1.807) is 0 Å². The molecule has 0 aliphatic heterocycles. The Morgan fingerprint density at radius 1 is 1.38 bits per heavy atom. The molecule has 0 N–H and O–H groups in total. The second-order valence-electron chi connectivity index (χ2n) is 2.39. The summed E-state index contributed by atoms with van der Waals surface area (Å²) in [5.41, 5.74) is 0. The van der Waals surface area contributed by atoms with Crippen LogP contribution >= 0.6 is 35.0 Å². The number of nitriles is 1. The first-order chi connectivity index (χ1) is 6.20. The topological polar surface area (TPSA) is 23.8 Å². The molecule has 1 atom stereocenters. The lowest BCUT2D eigenvalue weighted by Crippen LogP contribution is -2.14. The molecule has 0 aliphatic carbocycles. The average molecular weight is 232 g/mol. The van der Waals surface area contributed by atoms with Gasteiger partial charge >= 0.3 is 0 Å². The quantitative estimate of drug-likeness (QED) is 0.588. The predicted octanol–water partition coefficient (Wildman–Crippen LogP) is 3.48. The number of nitrogens with zero attached hydrogens (tertiary/aromatic N) is 1. The highest BCUT2D eigenvalue weighted by atomic mass is 35.5. The van der Waals surface area contributed by atoms with Gasteiger partial charge in [-0.05, 0) is 12.1 Å². The molecule has 0 spiro atoms. The first-order valence-electron chi connectivity index (χ1n) is 3.60. The number of halogens is 2. The maximum Gasteiger partial charge on any atom is 0.193 e. The van der Waals surface area contributed by atoms with E-state index in [2.05, 4.69) is 0 Å². The Bertz CT molecular complexity index is 309. The standard InChI is InChI=1S/C9H7Cl2NS/c10-6-9(11,7-12)13-8-4-2-1-3-5-8/h1-5H,6H2. The summed E-state index contributed by atoms with van der Waals surface area (Å²) < 4.78 is -1.05. The van der Waals surface area contributed by atoms with Gasteiger partial charge in [0, 0.05) is 4.90 Å². The van der Waals surface area contributed by atoms with Crippen molar-refractivity contribution in [2.75, 3.05) is 5.88 Å². The van der Waals surface area contributed by atoms with Crippen LogP contribution in [-0.4, -0.2) is 10.1 Å². The number of benzene rings is 1. The Morgan fingerprint density at radius 2 is 2.00 bits per heavy atom. The lowest BCUT2D eigenvalue weighted by atomic mass is 10.4. The zero-order valence-electron chi connectivity index (χ0n) is 6.71. The second kappa shape index (κ2) is 4.76. The molecule has 1 unspecified atom stereocenters. The molecule has 1 nitrogen and oxygen atoms in total. The van der Waals surface area contributed by atoms with Crippen LogP contribution in [0.25, 0.3) is 0 Å². The van der Waals surface area contributed by atoms with Gasteiger partial charge in [0.05, 0.1) is 11.9 Å². The van der Waals surface area contributed by atoms with E-state index in [1.165, 1.54) is 11.8 Å². The highest BCUT2D eigenvalue weighted by Crippen LogP contribution is 2.36. The van der Waals surface area contributed by atoms with Crippen molar-refractivity contribution in [1.82, 2.24) is 0 Å². The first-order valence-corrected chi connectivity index (χ1v) is 5.33. The fraction of sp³-hybridized carbons (Fsp3) is 0.222. The summed E-state index contributed by atoms with van der Waals surface area (Å²) in [6.07, 6.45) is 0. The minimum atomic E-state index is -1.05. The van der Waals surface area contributed by atoms with Gasteiger partial charge in [-0.25, -0.2) is 0 Å². The van der Waals surface area contributed by atoms with Gasteiger partial charge in [-0.2, -0.15) is 5.26 Å². The molecule has 68 valence electrons. The molecule has 0 amide bonds. The molecule has 0 fully saturated rings. The predicted molar refractivity (Wildman–Crippen MR) is 57.2 cm³/mol. The van der Waals surface area contributed by atoms with Crippen LogP contribution in [0.2, 0.25) is 0 Å². The van der Waals surface area contributed by atoms with Gasteiger partial charge in [-0.3, -0.25) is 0 Å². The molecule has 0 heterocycles. The summed E-state index contributed by atoms with van der Waals surface area (Å²) in [7, 11) is 0. The van der Waals surface area contributed by atoms with Crippen molar-refractivity contribution in [1.29, 1.82) is 5.26 Å². The fourth-order valence-electron chi connectivity index (χ4n) is 0.755. The number of hydrogen-bond acceptors (Lipinski definition) is 2. The van der Waals surface area contributed by atoms with Crippen molar-refractivity contribution < 1.29 is 0 Å². The zero-order valence-corrected chi connectivity index (χ0v) is 9.03. The largest absolute Gasteiger partial charge is 0.195 e. The van der Waals surface area contributed by atoms with Gasteiger partial charge in [-0.15, -0.1) is 11.6 Å². The van der Waals surface area contributed by atoms with E-state index in [-0.39, 0.29) is 5.88 Å². The number of thioether (sulfide) groups is 1. The number of rotatable bonds is 3. The van der Waals surface area contributed by atoms with Crippen LogP contribution in [0.15, 0.2) is 35.2 Å². The normalized spacial score (nSPS) is 14.5. The summed E-state index contributed by atoms with van der Waals surface area (Å²) in [6, 6.07) is 11.5. The van der Waals surface area contributed by atoms with Crippen LogP contribution < -0.4 is 0 Å². The van der Waals surface area contributed by atoms with E-state index < -0.39 is 4.21 Å². The van der Waals surface area contributed by atoms with E-state index in [4.69, 9.17) is 28.5 Å². The Labute approximate surface area is 91.6 Å². The highest BCUT2D eigenvalue weighted by molar-refractivity contribution is 8.02. The maximum atomic E-state index is 8.76. The van der Waals surface area contributed by atoms with Crippen molar-refractivity contribution >= 4 is 35.0 Å². The molecule has 1 aromatic carbocycles. The molecule has 0 bridgehead atoms. The lowest BCUT2D eigenvalue weighted by molar-refractivity contribution is 1.15. The van der Waals surface area contributed by atoms with Crippen LogP contribution in [0.1, 0.15) is 0 Å². The molecule has 0 saturated carbocycles. The molecular weight excluding hydrogens is 225 g/mol. The van der Waals surface area contributed by atoms with Crippen LogP contribution in [0.3, 0.4) is 0 Å². The van der Waals surface area contributed by atoms with Gasteiger partial charge in [0.25, 0.3) is 0 Å². The number of hydrogen-bond donors (Lipinski definition) is 0. The smallest absolute Gasteiger partial charge is 0.193 e. The summed E-state index contributed by atoms with van der Waals surface area (Å²) in [5, 5.41) is 8.76. The Kier molecular flexibility index (Phi) is 3.92. The third kappa shape index (κ3) is 3.11. The van der Waals surface area contributed by atoms with Gasteiger partial charge in [0.15, 0.2) is 4.21 Å². The Balaban J connectivity index is 2.75. The van der Waals surface area contributed by atoms with Gasteiger partial charge in [-0.1, -0.05) is 41.6 Å². The molecule has 0 saturated heterocycles. The molecule has 13 heavy (non-hydrogen) atoms. The van der Waals surface area contributed by atoms with Crippen LogP contribution in [0, 0.1) is 11.3 Å². The first kappa shape index (κ1) is 10.7. The van der Waals surface area contributed by atoms with Gasteiger partial charge in [0.2, 0.25) is 0 Å². The molecule has 0 aliphatic rings. The van der Waals surface area contributed by atoms with Crippen molar-refractivity contribution in [2.45, 2.75) is 9.10 Å². The summed E-state index contributed by atoms with van der Waals surface area (Å²) in [6.45, 7) is 0. The van der Waals surface area contributed by atoms with Crippen LogP contribution in [0.4, 0.5) is 0 Å². The second-order valence-corrected chi connectivity index (χ2v) is 4.90. The van der Waals surface area contributed by atoms with Gasteiger partial charge < -0.3 is 0 Å². The fourth-order valence-corrected chi connectivity index (χ4v) is 2.01. The molecule has 0 aromatic heterocycles. The van der Waals surface area contributed by atoms with Crippen LogP contribution in [0.5, 0.6) is 0 Å². The zero-order chi connectivity index (χ0) is 9.73. The SMILES string of the molecule is N#CC(Cl)(CCl)Sc1ccccc1. The third-order valence-corrected chi connectivity index (χ3v) is 3.57. The van der Waals surface area contributed by atoms with Gasteiger partial charge in [0.1, 0.15) is 0 Å². The summed E-state index contributed by atoms with van der Waals surface area (Å²) in [4.78, 5) is 0.944. The van der Waals surface area contributed by atoms with E-state index in [9.17, 15) is 0 Å². The molecule has 1 rings (SSSR count). The van der Waals surface area contributed by atoms with E-state index in [0.29, 0.717) is 0 Å². The number of alkyl halides is 2. The molecule has 1 aromatic rings. The minimum Gasteiger partial charge on any atom is -0.195 e. The minimum absolute atomic E-state index is 0.102. The highest BCUT2D eigenvalue weighted by Gasteiger charge is 2.27. The summed E-state index contributed by atoms with van der Waals surface area (Å²) >= 11 is 12.8.